The zero-order valence-corrected chi connectivity index (χ0v) is 18.4. The van der Waals surface area contributed by atoms with Crippen molar-refractivity contribution in [1.29, 1.82) is 0 Å². The quantitative estimate of drug-likeness (QED) is 0.313. The zero-order valence-electron chi connectivity index (χ0n) is 16.1. The highest BCUT2D eigenvalue weighted by Crippen LogP contribution is 2.34. The molecule has 0 aliphatic rings. The number of benzene rings is 3. The van der Waals surface area contributed by atoms with Crippen molar-refractivity contribution >= 4 is 46.1 Å². The largest absolute Gasteiger partial charge is 0.416 e. The Morgan fingerprint density at radius 1 is 0.906 bits per heavy atom. The second-order valence-corrected chi connectivity index (χ2v) is 8.45. The summed E-state index contributed by atoms with van der Waals surface area (Å²) in [6, 6.07) is 16.6. The van der Waals surface area contributed by atoms with Crippen molar-refractivity contribution in [3.05, 3.63) is 93.3 Å². The highest BCUT2D eigenvalue weighted by molar-refractivity contribution is 7.13. The van der Waals surface area contributed by atoms with Gasteiger partial charge in [0, 0.05) is 27.8 Å². The predicted molar refractivity (Wildman–Crippen MR) is 122 cm³/mol. The first-order chi connectivity index (χ1) is 15.2. The molecule has 0 saturated carbocycles. The minimum absolute atomic E-state index is 0.321. The topological polar surface area (TPSA) is 42.0 Å². The van der Waals surface area contributed by atoms with Gasteiger partial charge in [-0.2, -0.15) is 13.2 Å². The van der Waals surface area contributed by atoms with Crippen LogP contribution in [0.25, 0.3) is 21.8 Å². The summed E-state index contributed by atoms with van der Waals surface area (Å²) in [4.78, 5) is 16.9. The van der Waals surface area contributed by atoms with Crippen LogP contribution in [-0.2, 0) is 6.18 Å². The van der Waals surface area contributed by atoms with Crippen molar-refractivity contribution in [2.75, 3.05) is 5.32 Å². The first-order valence-electron chi connectivity index (χ1n) is 9.21. The number of nitrogens with one attached hydrogen (secondary N) is 1. The fourth-order valence-corrected chi connectivity index (χ4v) is 4.07. The number of nitrogens with zero attached hydrogens (tertiary/aromatic N) is 1. The zero-order chi connectivity index (χ0) is 22.9. The normalized spacial score (nSPS) is 11.4. The van der Waals surface area contributed by atoms with E-state index in [1.807, 2.05) is 0 Å². The molecule has 3 aromatic carbocycles. The molecule has 1 amide bonds. The maximum absolute atomic E-state index is 13.0. The summed E-state index contributed by atoms with van der Waals surface area (Å²) >= 11 is 13.2. The summed E-state index contributed by atoms with van der Waals surface area (Å²) in [6.45, 7) is 0. The third-order valence-electron chi connectivity index (χ3n) is 4.56. The Morgan fingerprint density at radius 2 is 1.66 bits per heavy atom. The molecule has 4 aromatic rings. The van der Waals surface area contributed by atoms with Crippen molar-refractivity contribution in [1.82, 2.24) is 4.98 Å². The summed E-state index contributed by atoms with van der Waals surface area (Å²) in [5, 5.41) is 5.80. The number of hydrogen-bond acceptors (Lipinski definition) is 3. The summed E-state index contributed by atoms with van der Waals surface area (Å²) in [7, 11) is 0. The molecule has 4 rings (SSSR count). The van der Waals surface area contributed by atoms with Crippen LogP contribution in [0, 0.1) is 0 Å². The highest BCUT2D eigenvalue weighted by atomic mass is 35.5. The van der Waals surface area contributed by atoms with Crippen molar-refractivity contribution in [3.63, 3.8) is 0 Å². The minimum atomic E-state index is -4.41. The van der Waals surface area contributed by atoms with Crippen LogP contribution in [0.1, 0.15) is 15.9 Å². The monoisotopic (exact) mass is 492 g/mol. The van der Waals surface area contributed by atoms with Gasteiger partial charge in [0.1, 0.15) is 5.01 Å². The Balaban J connectivity index is 1.51. The number of thiazole rings is 1. The van der Waals surface area contributed by atoms with Crippen molar-refractivity contribution < 1.29 is 18.0 Å². The van der Waals surface area contributed by atoms with Gasteiger partial charge < -0.3 is 5.32 Å². The SMILES string of the molecule is O=C(Nc1ccc(Cl)c(Cl)c1)c1ccc(-c2nc(-c3cccc(C(F)(F)F)c3)cs2)cc1. The molecule has 1 heterocycles. The second kappa shape index (κ2) is 8.94. The number of rotatable bonds is 4. The maximum Gasteiger partial charge on any atom is 0.416 e. The fraction of sp³-hybridized carbons (Fsp3) is 0.0435. The number of amides is 1. The van der Waals surface area contributed by atoms with Crippen molar-refractivity contribution in [2.24, 2.45) is 0 Å². The summed E-state index contributed by atoms with van der Waals surface area (Å²) in [5.41, 5.74) is 1.81. The third-order valence-corrected chi connectivity index (χ3v) is 6.19. The van der Waals surface area contributed by atoms with Gasteiger partial charge in [-0.3, -0.25) is 4.79 Å². The summed E-state index contributed by atoms with van der Waals surface area (Å²) in [6.07, 6.45) is -4.41. The lowest BCUT2D eigenvalue weighted by Gasteiger charge is -2.07. The summed E-state index contributed by atoms with van der Waals surface area (Å²) < 4.78 is 38.9. The molecule has 1 aromatic heterocycles. The van der Waals surface area contributed by atoms with E-state index in [-0.39, 0.29) is 5.91 Å². The highest BCUT2D eigenvalue weighted by Gasteiger charge is 2.30. The Bertz CT molecular complexity index is 1290. The van der Waals surface area contributed by atoms with Gasteiger partial charge in [-0.25, -0.2) is 4.98 Å². The lowest BCUT2D eigenvalue weighted by molar-refractivity contribution is -0.137. The molecule has 1 N–H and O–H groups in total. The van der Waals surface area contributed by atoms with Crippen LogP contribution in [0.2, 0.25) is 10.0 Å². The first kappa shape index (κ1) is 22.3. The molecule has 32 heavy (non-hydrogen) atoms. The van der Waals surface area contributed by atoms with Crippen LogP contribution in [0.5, 0.6) is 0 Å². The molecule has 0 fully saturated rings. The number of aromatic nitrogens is 1. The Hall–Kier alpha value is -2.87. The first-order valence-corrected chi connectivity index (χ1v) is 10.8. The molecule has 3 nitrogen and oxygen atoms in total. The average Bonchev–Trinajstić information content (AvgIpc) is 3.26. The van der Waals surface area contributed by atoms with Gasteiger partial charge in [-0.05, 0) is 42.5 Å². The van der Waals surface area contributed by atoms with E-state index in [4.69, 9.17) is 23.2 Å². The molecule has 0 saturated heterocycles. The molecule has 0 bridgehead atoms. The van der Waals surface area contributed by atoms with Gasteiger partial charge in [0.2, 0.25) is 0 Å². The van der Waals surface area contributed by atoms with Gasteiger partial charge in [-0.15, -0.1) is 11.3 Å². The number of hydrogen-bond donors (Lipinski definition) is 1. The molecule has 0 aliphatic carbocycles. The molecule has 0 atom stereocenters. The van der Waals surface area contributed by atoms with Crippen molar-refractivity contribution in [2.45, 2.75) is 6.18 Å². The molecular formula is C23H13Cl2F3N2OS. The molecule has 0 unspecified atom stereocenters. The Labute approximate surface area is 195 Å². The van der Waals surface area contributed by atoms with Gasteiger partial charge in [0.25, 0.3) is 5.91 Å². The molecule has 0 radical (unpaired) electrons. The van der Waals surface area contributed by atoms with Gasteiger partial charge >= 0.3 is 6.18 Å². The van der Waals surface area contributed by atoms with E-state index in [9.17, 15) is 18.0 Å². The Morgan fingerprint density at radius 3 is 2.34 bits per heavy atom. The fourth-order valence-electron chi connectivity index (χ4n) is 2.94. The van der Waals surface area contributed by atoms with E-state index < -0.39 is 11.7 Å². The van der Waals surface area contributed by atoms with Crippen LogP contribution in [0.4, 0.5) is 18.9 Å². The van der Waals surface area contributed by atoms with E-state index in [1.54, 1.807) is 53.9 Å². The van der Waals surface area contributed by atoms with Crippen LogP contribution in [-0.4, -0.2) is 10.9 Å². The number of carbonyl (C=O) groups excluding carboxylic acids is 1. The van der Waals surface area contributed by atoms with Gasteiger partial charge in [0.05, 0.1) is 21.3 Å². The van der Waals surface area contributed by atoms with Gasteiger partial charge in [0.15, 0.2) is 0 Å². The second-order valence-electron chi connectivity index (χ2n) is 6.78. The molecule has 162 valence electrons. The van der Waals surface area contributed by atoms with E-state index in [1.165, 1.54) is 17.4 Å². The maximum atomic E-state index is 13.0. The average molecular weight is 493 g/mol. The van der Waals surface area contributed by atoms with Crippen LogP contribution < -0.4 is 5.32 Å². The lowest BCUT2D eigenvalue weighted by atomic mass is 10.1. The molecule has 0 spiro atoms. The molecule has 9 heteroatoms. The summed E-state index contributed by atoms with van der Waals surface area (Å²) in [5.74, 6) is -0.321. The smallest absolute Gasteiger partial charge is 0.322 e. The van der Waals surface area contributed by atoms with Crippen LogP contribution >= 0.6 is 34.5 Å². The number of carbonyl (C=O) groups is 1. The molecular weight excluding hydrogens is 480 g/mol. The van der Waals surface area contributed by atoms with E-state index >= 15 is 0 Å². The van der Waals surface area contributed by atoms with Crippen molar-refractivity contribution in [3.8, 4) is 21.8 Å². The van der Waals surface area contributed by atoms with E-state index in [0.717, 1.165) is 17.7 Å². The minimum Gasteiger partial charge on any atom is -0.322 e. The van der Waals surface area contributed by atoms with Gasteiger partial charge in [-0.1, -0.05) is 47.5 Å². The third kappa shape index (κ3) is 4.96. The van der Waals surface area contributed by atoms with Crippen LogP contribution in [0.3, 0.4) is 0 Å². The number of anilines is 1. The number of alkyl halides is 3. The van der Waals surface area contributed by atoms with E-state index in [0.29, 0.717) is 37.6 Å². The number of halogens is 5. The molecule has 0 aliphatic heterocycles. The predicted octanol–water partition coefficient (Wildman–Crippen LogP) is 8.06. The standard InChI is InChI=1S/C23H13Cl2F3N2OS/c24-18-9-8-17(11-19(18)25)29-21(31)13-4-6-14(7-5-13)22-30-20(12-32-22)15-2-1-3-16(10-15)23(26,27)28/h1-12H,(H,29,31). The van der Waals surface area contributed by atoms with E-state index in [2.05, 4.69) is 10.3 Å². The lowest BCUT2D eigenvalue weighted by Crippen LogP contribution is -2.11. The van der Waals surface area contributed by atoms with Crippen LogP contribution in [0.15, 0.2) is 72.1 Å². The Kier molecular flexibility index (Phi) is 6.24.